The Morgan fingerprint density at radius 3 is 2.68 bits per heavy atom. The van der Waals surface area contributed by atoms with Crippen molar-refractivity contribution in [2.24, 2.45) is 0 Å². The molecule has 11 nitrogen and oxygen atoms in total. The first-order chi connectivity index (χ1) is 14.8. The fourth-order valence-electron chi connectivity index (χ4n) is 3.73. The van der Waals surface area contributed by atoms with E-state index in [0.29, 0.717) is 5.56 Å². The topological polar surface area (TPSA) is 145 Å². The lowest BCUT2D eigenvalue weighted by Gasteiger charge is -2.30. The van der Waals surface area contributed by atoms with Gasteiger partial charge in [0, 0.05) is 6.20 Å². The summed E-state index contributed by atoms with van der Waals surface area (Å²) in [4.78, 5) is 28.5. The molecule has 2 aromatic rings. The number of ether oxygens (including phenoxy) is 4. The quantitative estimate of drug-likeness (QED) is 0.522. The maximum atomic E-state index is 12.5. The van der Waals surface area contributed by atoms with Crippen molar-refractivity contribution in [1.82, 2.24) is 9.55 Å². The normalized spacial score (nSPS) is 28.5. The summed E-state index contributed by atoms with van der Waals surface area (Å²) in [6.45, 7) is 3.11. The number of fused-ring (bicyclic) bond motifs is 1. The number of benzene rings is 1. The minimum absolute atomic E-state index is 0.0962. The SMILES string of the molecule is CC1(C)O[C@H]2[C@@H](O1)[C@](C#N)(n1ccc(NO)nc1=O)O[C@@H]2COC(=O)c1ccccc1. The van der Waals surface area contributed by atoms with Gasteiger partial charge in [-0.15, -0.1) is 0 Å². The second-order valence-electron chi connectivity index (χ2n) is 7.53. The number of esters is 1. The van der Waals surface area contributed by atoms with Gasteiger partial charge in [-0.1, -0.05) is 18.2 Å². The molecule has 2 N–H and O–H groups in total. The van der Waals surface area contributed by atoms with Gasteiger partial charge in [-0.05, 0) is 32.0 Å². The molecule has 2 saturated heterocycles. The lowest BCUT2D eigenvalue weighted by molar-refractivity contribution is -0.218. The largest absolute Gasteiger partial charge is 0.459 e. The van der Waals surface area contributed by atoms with Crippen LogP contribution in [0, 0.1) is 11.3 Å². The third-order valence-electron chi connectivity index (χ3n) is 5.04. The van der Waals surface area contributed by atoms with Crippen molar-refractivity contribution in [1.29, 1.82) is 5.26 Å². The van der Waals surface area contributed by atoms with E-state index in [1.807, 2.05) is 6.07 Å². The molecule has 4 rings (SSSR count). The van der Waals surface area contributed by atoms with Crippen LogP contribution in [-0.4, -0.2) is 51.4 Å². The summed E-state index contributed by atoms with van der Waals surface area (Å²) in [5.74, 6) is -1.72. The first-order valence-electron chi connectivity index (χ1n) is 9.47. The molecule has 3 heterocycles. The maximum absolute atomic E-state index is 12.5. The summed E-state index contributed by atoms with van der Waals surface area (Å²) >= 11 is 0. The van der Waals surface area contributed by atoms with Gasteiger partial charge in [0.15, 0.2) is 17.7 Å². The summed E-state index contributed by atoms with van der Waals surface area (Å²) in [6.07, 6.45) is -1.43. The van der Waals surface area contributed by atoms with Crippen molar-refractivity contribution < 1.29 is 28.9 Å². The Hall–Kier alpha value is -3.30. The Bertz CT molecular complexity index is 1080. The van der Waals surface area contributed by atoms with E-state index in [0.717, 1.165) is 4.57 Å². The van der Waals surface area contributed by atoms with Gasteiger partial charge in [-0.3, -0.25) is 15.3 Å². The third kappa shape index (κ3) is 3.66. The molecule has 0 radical (unpaired) electrons. The number of carbonyl (C=O) groups is 1. The highest BCUT2D eigenvalue weighted by Gasteiger charge is 2.65. The number of nitrogens with one attached hydrogen (secondary N) is 1. The van der Waals surface area contributed by atoms with Gasteiger partial charge in [-0.25, -0.2) is 9.59 Å². The number of anilines is 1. The zero-order valence-electron chi connectivity index (χ0n) is 16.7. The molecular formula is C20H20N4O7. The predicted molar refractivity (Wildman–Crippen MR) is 103 cm³/mol. The van der Waals surface area contributed by atoms with Crippen LogP contribution in [0.5, 0.6) is 0 Å². The number of hydrogen-bond acceptors (Lipinski definition) is 10. The zero-order valence-corrected chi connectivity index (χ0v) is 16.7. The molecule has 1 aromatic carbocycles. The molecule has 31 heavy (non-hydrogen) atoms. The van der Waals surface area contributed by atoms with Gasteiger partial charge in [0.2, 0.25) is 0 Å². The first-order valence-corrected chi connectivity index (χ1v) is 9.47. The Morgan fingerprint density at radius 2 is 2.03 bits per heavy atom. The molecule has 0 aliphatic carbocycles. The molecule has 0 spiro atoms. The zero-order chi connectivity index (χ0) is 22.2. The lowest BCUT2D eigenvalue weighted by atomic mass is 10.0. The Balaban J connectivity index is 1.64. The van der Waals surface area contributed by atoms with Crippen LogP contribution in [0.2, 0.25) is 0 Å². The molecule has 0 bridgehead atoms. The molecule has 4 atom stereocenters. The number of nitriles is 1. The second kappa shape index (κ2) is 7.75. The van der Waals surface area contributed by atoms with Crippen molar-refractivity contribution >= 4 is 11.8 Å². The van der Waals surface area contributed by atoms with Gasteiger partial charge in [0.25, 0.3) is 5.72 Å². The van der Waals surface area contributed by atoms with E-state index in [9.17, 15) is 14.9 Å². The van der Waals surface area contributed by atoms with E-state index in [2.05, 4.69) is 4.98 Å². The second-order valence-corrected chi connectivity index (χ2v) is 7.53. The molecule has 0 saturated carbocycles. The molecule has 11 heteroatoms. The van der Waals surface area contributed by atoms with Gasteiger partial charge in [0.1, 0.15) is 24.9 Å². The van der Waals surface area contributed by atoms with E-state index in [4.69, 9.17) is 24.2 Å². The summed E-state index contributed by atoms with van der Waals surface area (Å²) in [5.41, 5.74) is -0.636. The van der Waals surface area contributed by atoms with Crippen LogP contribution in [0.3, 0.4) is 0 Å². The van der Waals surface area contributed by atoms with Crippen molar-refractivity contribution in [2.75, 3.05) is 12.1 Å². The molecule has 162 valence electrons. The molecule has 0 unspecified atom stereocenters. The number of carbonyl (C=O) groups excluding carboxylic acids is 1. The summed E-state index contributed by atoms with van der Waals surface area (Å²) in [7, 11) is 0. The van der Waals surface area contributed by atoms with E-state index in [1.54, 1.807) is 49.7 Å². The van der Waals surface area contributed by atoms with Crippen molar-refractivity contribution in [3.8, 4) is 6.07 Å². The van der Waals surface area contributed by atoms with Crippen LogP contribution in [0.4, 0.5) is 5.82 Å². The minimum Gasteiger partial charge on any atom is -0.459 e. The highest BCUT2D eigenvalue weighted by Crippen LogP contribution is 2.46. The monoisotopic (exact) mass is 428 g/mol. The first kappa shape index (κ1) is 21.0. The van der Waals surface area contributed by atoms with Crippen LogP contribution < -0.4 is 11.2 Å². The average molecular weight is 428 g/mol. The fraction of sp³-hybridized carbons (Fsp3) is 0.400. The van der Waals surface area contributed by atoms with Crippen molar-refractivity contribution in [3.05, 3.63) is 58.6 Å². The molecule has 2 aliphatic heterocycles. The van der Waals surface area contributed by atoms with Crippen molar-refractivity contribution in [3.63, 3.8) is 0 Å². The van der Waals surface area contributed by atoms with E-state index in [-0.39, 0.29) is 12.4 Å². The highest BCUT2D eigenvalue weighted by atomic mass is 16.8. The third-order valence-corrected chi connectivity index (χ3v) is 5.04. The summed E-state index contributed by atoms with van der Waals surface area (Å²) in [6, 6.07) is 11.7. The minimum atomic E-state index is -1.92. The van der Waals surface area contributed by atoms with Gasteiger partial charge < -0.3 is 18.9 Å². The molecule has 1 aromatic heterocycles. The maximum Gasteiger partial charge on any atom is 0.352 e. The van der Waals surface area contributed by atoms with Crippen LogP contribution >= 0.6 is 0 Å². The fourth-order valence-corrected chi connectivity index (χ4v) is 3.73. The molecule has 0 amide bonds. The smallest absolute Gasteiger partial charge is 0.352 e. The summed E-state index contributed by atoms with van der Waals surface area (Å²) in [5, 5.41) is 19.0. The number of rotatable bonds is 5. The number of nitrogens with zero attached hydrogens (tertiary/aromatic N) is 3. The van der Waals surface area contributed by atoms with Crippen LogP contribution in [0.15, 0.2) is 47.4 Å². The Kier molecular flexibility index (Phi) is 5.24. The molecular weight excluding hydrogens is 408 g/mol. The Labute approximate surface area is 176 Å². The van der Waals surface area contributed by atoms with E-state index < -0.39 is 41.5 Å². The molecule has 2 aliphatic rings. The number of hydrogen-bond donors (Lipinski definition) is 2. The lowest BCUT2D eigenvalue weighted by Crippen LogP contribution is -2.49. The number of aromatic nitrogens is 2. The van der Waals surface area contributed by atoms with Gasteiger partial charge >= 0.3 is 11.7 Å². The van der Waals surface area contributed by atoms with E-state index >= 15 is 0 Å². The van der Waals surface area contributed by atoms with Crippen molar-refractivity contribution in [2.45, 2.75) is 43.7 Å². The van der Waals surface area contributed by atoms with Crippen LogP contribution in [-0.2, 0) is 24.7 Å². The Morgan fingerprint density at radius 1 is 1.29 bits per heavy atom. The van der Waals surface area contributed by atoms with Crippen LogP contribution in [0.1, 0.15) is 24.2 Å². The van der Waals surface area contributed by atoms with Gasteiger partial charge in [-0.2, -0.15) is 10.2 Å². The van der Waals surface area contributed by atoms with E-state index in [1.165, 1.54) is 12.3 Å². The van der Waals surface area contributed by atoms with Crippen LogP contribution in [0.25, 0.3) is 0 Å². The summed E-state index contributed by atoms with van der Waals surface area (Å²) < 4.78 is 24.1. The standard InChI is InChI=1S/C20H20N4O7/c1-19(2)30-15-13(10-28-17(25)12-6-4-3-5-7-12)29-20(11-21,16(15)31-19)24-9-8-14(23-27)22-18(24)26/h3-9,13,15-16,27H,10H2,1-2H3,(H,22,23,26)/t13-,15-,16-,20-/m1/s1. The molecule has 2 fully saturated rings. The average Bonchev–Trinajstić information content (AvgIpc) is 3.24. The highest BCUT2D eigenvalue weighted by molar-refractivity contribution is 5.89. The predicted octanol–water partition coefficient (Wildman–Crippen LogP) is 0.997. The van der Waals surface area contributed by atoms with Gasteiger partial charge in [0.05, 0.1) is 5.56 Å².